The Balaban J connectivity index is 2.40. The second-order valence-corrected chi connectivity index (χ2v) is 5.96. The molecule has 0 saturated carbocycles. The fourth-order valence-corrected chi connectivity index (χ4v) is 3.34. The Morgan fingerprint density at radius 2 is 2.29 bits per heavy atom. The van der Waals surface area contributed by atoms with Crippen LogP contribution in [0.25, 0.3) is 0 Å². The molecule has 110 valence electrons. The van der Waals surface area contributed by atoms with E-state index in [-0.39, 0.29) is 4.90 Å². The van der Waals surface area contributed by atoms with Crippen LogP contribution in [0.5, 0.6) is 0 Å². The molecule has 2 rings (SSSR count). The number of hydrogen-bond acceptors (Lipinski definition) is 4. The number of imidazole rings is 1. The van der Waals surface area contributed by atoms with E-state index < -0.39 is 27.4 Å². The number of benzene rings is 1. The molecule has 0 bridgehead atoms. The van der Waals surface area contributed by atoms with Crippen LogP contribution in [0.3, 0.4) is 0 Å². The fraction of sp³-hybridized carbons (Fsp3) is 0.231. The van der Waals surface area contributed by atoms with Gasteiger partial charge in [-0.2, -0.15) is 5.26 Å². The zero-order chi connectivity index (χ0) is 15.5. The summed E-state index contributed by atoms with van der Waals surface area (Å²) in [7, 11) is -4.04. The van der Waals surface area contributed by atoms with Gasteiger partial charge in [0.25, 0.3) is 0 Å². The topological polar surface area (TPSA) is 98.6 Å². The number of aromatic amines is 1. The van der Waals surface area contributed by atoms with Gasteiger partial charge in [0.15, 0.2) is 0 Å². The average molecular weight is 308 g/mol. The number of halogens is 1. The van der Waals surface area contributed by atoms with Crippen LogP contribution in [0.1, 0.15) is 30.8 Å². The minimum absolute atomic E-state index is 0.380. The molecule has 1 unspecified atom stereocenters. The van der Waals surface area contributed by atoms with Crippen molar-refractivity contribution >= 4 is 10.0 Å². The van der Waals surface area contributed by atoms with E-state index in [4.69, 9.17) is 5.26 Å². The Kier molecular flexibility index (Phi) is 4.35. The molecule has 2 N–H and O–H groups in total. The molecular formula is C13H13FN4O2S. The number of nitrogens with zero attached hydrogens (tertiary/aromatic N) is 2. The van der Waals surface area contributed by atoms with E-state index in [1.165, 1.54) is 18.3 Å². The molecule has 0 aliphatic carbocycles. The second-order valence-electron chi connectivity index (χ2n) is 4.28. The highest BCUT2D eigenvalue weighted by molar-refractivity contribution is 7.89. The Morgan fingerprint density at radius 3 is 2.86 bits per heavy atom. The first-order chi connectivity index (χ1) is 9.99. The molecule has 1 aromatic carbocycles. The van der Waals surface area contributed by atoms with Crippen molar-refractivity contribution in [1.82, 2.24) is 14.7 Å². The molecule has 1 aromatic heterocycles. The minimum atomic E-state index is -4.04. The molecule has 0 spiro atoms. The molecule has 0 radical (unpaired) electrons. The van der Waals surface area contributed by atoms with Crippen LogP contribution in [0.4, 0.5) is 4.39 Å². The van der Waals surface area contributed by atoms with Gasteiger partial charge in [0.1, 0.15) is 28.2 Å². The summed E-state index contributed by atoms with van der Waals surface area (Å²) in [5.41, 5.74) is -0.501. The van der Waals surface area contributed by atoms with Gasteiger partial charge in [-0.3, -0.25) is 0 Å². The van der Waals surface area contributed by atoms with Gasteiger partial charge in [-0.1, -0.05) is 13.0 Å². The van der Waals surface area contributed by atoms with Crippen molar-refractivity contribution in [1.29, 1.82) is 5.26 Å². The molecule has 0 aliphatic heterocycles. The number of nitrogens with one attached hydrogen (secondary N) is 2. The molecule has 0 amide bonds. The standard InChI is InChI=1S/C13H13FN4O2S/c1-2-11(13-16-6-7-17-13)18-21(19,20)12-5-3-4-10(14)9(12)8-15/h3-7,11,18H,2H2,1H3,(H,16,17). The van der Waals surface area contributed by atoms with Crippen molar-refractivity contribution in [3.63, 3.8) is 0 Å². The summed E-state index contributed by atoms with van der Waals surface area (Å²) in [5, 5.41) is 8.94. The van der Waals surface area contributed by atoms with Crippen molar-refractivity contribution in [2.24, 2.45) is 0 Å². The quantitative estimate of drug-likeness (QED) is 0.880. The number of rotatable bonds is 5. The van der Waals surface area contributed by atoms with E-state index in [0.717, 1.165) is 6.07 Å². The lowest BCUT2D eigenvalue weighted by atomic mass is 10.2. The Labute approximate surface area is 121 Å². The number of H-pyrrole nitrogens is 1. The predicted molar refractivity (Wildman–Crippen MR) is 73.1 cm³/mol. The van der Waals surface area contributed by atoms with E-state index >= 15 is 0 Å². The van der Waals surface area contributed by atoms with Crippen molar-refractivity contribution in [3.8, 4) is 6.07 Å². The van der Waals surface area contributed by atoms with Crippen molar-refractivity contribution < 1.29 is 12.8 Å². The predicted octanol–water partition coefficient (Wildman–Crippen LogP) is 1.85. The molecule has 2 aromatic rings. The maximum absolute atomic E-state index is 13.5. The lowest BCUT2D eigenvalue weighted by Crippen LogP contribution is -2.29. The molecular weight excluding hydrogens is 295 g/mol. The Bertz CT molecular complexity index is 766. The molecule has 1 atom stereocenters. The van der Waals surface area contributed by atoms with Gasteiger partial charge >= 0.3 is 0 Å². The van der Waals surface area contributed by atoms with Crippen LogP contribution in [0, 0.1) is 17.1 Å². The van der Waals surface area contributed by atoms with Crippen LogP contribution in [0.2, 0.25) is 0 Å². The van der Waals surface area contributed by atoms with Gasteiger partial charge in [0.05, 0.1) is 6.04 Å². The van der Waals surface area contributed by atoms with E-state index in [2.05, 4.69) is 14.7 Å². The van der Waals surface area contributed by atoms with Gasteiger partial charge in [0.2, 0.25) is 10.0 Å². The zero-order valence-corrected chi connectivity index (χ0v) is 12.0. The van der Waals surface area contributed by atoms with E-state index in [0.29, 0.717) is 12.2 Å². The summed E-state index contributed by atoms with van der Waals surface area (Å²) in [4.78, 5) is 6.45. The highest BCUT2D eigenvalue weighted by Gasteiger charge is 2.25. The third-order valence-electron chi connectivity index (χ3n) is 2.93. The van der Waals surface area contributed by atoms with Crippen LogP contribution in [-0.4, -0.2) is 18.4 Å². The van der Waals surface area contributed by atoms with Crippen molar-refractivity contribution in [2.45, 2.75) is 24.3 Å². The van der Waals surface area contributed by atoms with Crippen LogP contribution >= 0.6 is 0 Å². The smallest absolute Gasteiger partial charge is 0.242 e. The van der Waals surface area contributed by atoms with Crippen molar-refractivity contribution in [2.75, 3.05) is 0 Å². The van der Waals surface area contributed by atoms with E-state index in [9.17, 15) is 12.8 Å². The first kappa shape index (κ1) is 15.2. The Morgan fingerprint density at radius 1 is 1.52 bits per heavy atom. The lowest BCUT2D eigenvalue weighted by Gasteiger charge is -2.15. The van der Waals surface area contributed by atoms with E-state index in [1.807, 2.05) is 0 Å². The first-order valence-electron chi connectivity index (χ1n) is 6.19. The average Bonchev–Trinajstić information content (AvgIpc) is 2.98. The largest absolute Gasteiger partial charge is 0.347 e. The van der Waals surface area contributed by atoms with Gasteiger partial charge in [0, 0.05) is 12.4 Å². The number of nitriles is 1. The molecule has 0 aliphatic rings. The number of hydrogen-bond donors (Lipinski definition) is 2. The second kappa shape index (κ2) is 6.03. The fourth-order valence-electron chi connectivity index (χ4n) is 1.89. The normalized spacial score (nSPS) is 12.8. The lowest BCUT2D eigenvalue weighted by molar-refractivity contribution is 0.537. The summed E-state index contributed by atoms with van der Waals surface area (Å²) in [6.45, 7) is 1.78. The summed E-state index contributed by atoms with van der Waals surface area (Å²) < 4.78 is 40.7. The molecule has 0 saturated heterocycles. The molecule has 6 nitrogen and oxygen atoms in total. The maximum Gasteiger partial charge on any atom is 0.242 e. The van der Waals surface area contributed by atoms with Gasteiger partial charge in [-0.05, 0) is 18.6 Å². The monoisotopic (exact) mass is 308 g/mol. The van der Waals surface area contributed by atoms with Crippen LogP contribution in [0.15, 0.2) is 35.5 Å². The summed E-state index contributed by atoms with van der Waals surface area (Å²) in [5.74, 6) is -0.414. The van der Waals surface area contributed by atoms with Crippen LogP contribution in [-0.2, 0) is 10.0 Å². The molecule has 1 heterocycles. The maximum atomic E-state index is 13.5. The first-order valence-corrected chi connectivity index (χ1v) is 7.68. The number of sulfonamides is 1. The highest BCUT2D eigenvalue weighted by Crippen LogP contribution is 2.21. The minimum Gasteiger partial charge on any atom is -0.347 e. The van der Waals surface area contributed by atoms with Gasteiger partial charge in [-0.25, -0.2) is 22.5 Å². The third kappa shape index (κ3) is 3.09. The summed E-state index contributed by atoms with van der Waals surface area (Å²) >= 11 is 0. The highest BCUT2D eigenvalue weighted by atomic mass is 32.2. The molecule has 21 heavy (non-hydrogen) atoms. The molecule has 0 fully saturated rings. The van der Waals surface area contributed by atoms with Crippen molar-refractivity contribution in [3.05, 3.63) is 47.8 Å². The third-order valence-corrected chi connectivity index (χ3v) is 4.45. The number of aromatic nitrogens is 2. The Hall–Kier alpha value is -2.24. The van der Waals surface area contributed by atoms with Gasteiger partial charge < -0.3 is 4.98 Å². The summed E-state index contributed by atoms with van der Waals surface area (Å²) in [6, 6.07) is 4.48. The summed E-state index contributed by atoms with van der Waals surface area (Å²) in [6.07, 6.45) is 3.54. The van der Waals surface area contributed by atoms with Crippen LogP contribution < -0.4 is 4.72 Å². The zero-order valence-electron chi connectivity index (χ0n) is 11.2. The molecule has 8 heteroatoms. The van der Waals surface area contributed by atoms with E-state index in [1.54, 1.807) is 19.2 Å². The van der Waals surface area contributed by atoms with Gasteiger partial charge in [-0.15, -0.1) is 0 Å². The SMILES string of the molecule is CCC(NS(=O)(=O)c1cccc(F)c1C#N)c1ncc[nH]1.